The van der Waals surface area contributed by atoms with E-state index in [2.05, 4.69) is 4.98 Å². The van der Waals surface area contributed by atoms with Crippen LogP contribution in [0.5, 0.6) is 0 Å². The van der Waals surface area contributed by atoms with Crippen molar-refractivity contribution in [2.45, 2.75) is 0 Å². The number of aromatic nitrogens is 1. The molecule has 3 rings (SSSR count). The van der Waals surface area contributed by atoms with Crippen molar-refractivity contribution in [2.24, 2.45) is 0 Å². The molecule has 0 saturated heterocycles. The van der Waals surface area contributed by atoms with E-state index >= 15 is 0 Å². The van der Waals surface area contributed by atoms with Gasteiger partial charge in [-0.3, -0.25) is 9.78 Å². The molecule has 3 aromatic rings. The smallest absolute Gasteiger partial charge is 0.195 e. The lowest BCUT2D eigenvalue weighted by atomic mass is 10.0. The molecule has 0 aliphatic carbocycles. The Hall–Kier alpha value is -1.42. The van der Waals surface area contributed by atoms with Crippen molar-refractivity contribution >= 4 is 51.2 Å². The third-order valence-corrected chi connectivity index (χ3v) is 4.25. The van der Waals surface area contributed by atoms with Crippen molar-refractivity contribution in [1.29, 1.82) is 0 Å². The Balaban J connectivity index is 2.09. The predicted octanol–water partition coefficient (Wildman–Crippen LogP) is 4.83. The Labute approximate surface area is 123 Å². The standard InChI is InChI=1S/C14H7Cl2NOS/c15-12-7-10(14(16)19-12)13(18)9-3-4-11-8(6-9)2-1-5-17-11/h1-7H. The summed E-state index contributed by atoms with van der Waals surface area (Å²) in [4.78, 5) is 16.6. The highest BCUT2D eigenvalue weighted by atomic mass is 35.5. The molecule has 0 atom stereocenters. The lowest BCUT2D eigenvalue weighted by Crippen LogP contribution is -2.00. The zero-order valence-corrected chi connectivity index (χ0v) is 11.9. The average Bonchev–Trinajstić information content (AvgIpc) is 2.76. The number of fused-ring (bicyclic) bond motifs is 1. The monoisotopic (exact) mass is 307 g/mol. The molecule has 2 heterocycles. The Morgan fingerprint density at radius 2 is 2.00 bits per heavy atom. The summed E-state index contributed by atoms with van der Waals surface area (Å²) in [7, 11) is 0. The number of pyridine rings is 1. The number of hydrogen-bond acceptors (Lipinski definition) is 3. The topological polar surface area (TPSA) is 30.0 Å². The number of ketones is 1. The fourth-order valence-corrected chi connectivity index (χ4v) is 3.33. The summed E-state index contributed by atoms with van der Waals surface area (Å²) in [6.07, 6.45) is 1.72. The highest BCUT2D eigenvalue weighted by Crippen LogP contribution is 2.32. The first-order valence-corrected chi connectivity index (χ1v) is 7.07. The van der Waals surface area contributed by atoms with Gasteiger partial charge in [0.2, 0.25) is 0 Å². The summed E-state index contributed by atoms with van der Waals surface area (Å²) in [6, 6.07) is 10.7. The van der Waals surface area contributed by atoms with E-state index < -0.39 is 0 Å². The lowest BCUT2D eigenvalue weighted by Gasteiger charge is -2.01. The Morgan fingerprint density at radius 3 is 2.74 bits per heavy atom. The molecule has 19 heavy (non-hydrogen) atoms. The number of nitrogens with zero attached hydrogens (tertiary/aromatic N) is 1. The summed E-state index contributed by atoms with van der Waals surface area (Å²) in [5, 5.41) is 0.922. The van der Waals surface area contributed by atoms with Crippen molar-refractivity contribution < 1.29 is 4.79 Å². The van der Waals surface area contributed by atoms with Gasteiger partial charge in [0.25, 0.3) is 0 Å². The second kappa shape index (κ2) is 4.93. The zero-order chi connectivity index (χ0) is 13.4. The van der Waals surface area contributed by atoms with Gasteiger partial charge in [-0.1, -0.05) is 29.3 Å². The maximum Gasteiger partial charge on any atom is 0.195 e. The van der Waals surface area contributed by atoms with Crippen molar-refractivity contribution in [3.8, 4) is 0 Å². The highest BCUT2D eigenvalue weighted by molar-refractivity contribution is 7.20. The first-order valence-electron chi connectivity index (χ1n) is 5.49. The molecule has 1 aromatic carbocycles. The molecule has 2 nitrogen and oxygen atoms in total. The molecule has 0 bridgehead atoms. The first-order chi connectivity index (χ1) is 9.15. The van der Waals surface area contributed by atoms with Crippen LogP contribution in [0.4, 0.5) is 0 Å². The molecule has 2 aromatic heterocycles. The Morgan fingerprint density at radius 1 is 1.16 bits per heavy atom. The second-order valence-electron chi connectivity index (χ2n) is 3.98. The van der Waals surface area contributed by atoms with Crippen LogP contribution in [0.3, 0.4) is 0 Å². The number of hydrogen-bond donors (Lipinski definition) is 0. The lowest BCUT2D eigenvalue weighted by molar-refractivity contribution is 0.103. The summed E-state index contributed by atoms with van der Waals surface area (Å²) in [6.45, 7) is 0. The summed E-state index contributed by atoms with van der Waals surface area (Å²) in [5.41, 5.74) is 1.88. The van der Waals surface area contributed by atoms with Gasteiger partial charge >= 0.3 is 0 Å². The number of benzene rings is 1. The summed E-state index contributed by atoms with van der Waals surface area (Å²) >= 11 is 13.1. The van der Waals surface area contributed by atoms with Crippen LogP contribution in [0.15, 0.2) is 42.6 Å². The molecule has 5 heteroatoms. The van der Waals surface area contributed by atoms with Crippen LogP contribution in [0.25, 0.3) is 10.9 Å². The number of halogens is 2. The van der Waals surface area contributed by atoms with Gasteiger partial charge in [-0.05, 0) is 30.3 Å². The van der Waals surface area contributed by atoms with Crippen molar-refractivity contribution in [2.75, 3.05) is 0 Å². The van der Waals surface area contributed by atoms with Crippen LogP contribution in [0.2, 0.25) is 8.67 Å². The van der Waals surface area contributed by atoms with Gasteiger partial charge in [-0.2, -0.15) is 0 Å². The number of carbonyl (C=O) groups is 1. The minimum Gasteiger partial charge on any atom is -0.289 e. The zero-order valence-electron chi connectivity index (χ0n) is 9.56. The van der Waals surface area contributed by atoms with Gasteiger partial charge in [-0.15, -0.1) is 11.3 Å². The van der Waals surface area contributed by atoms with Gasteiger partial charge in [0, 0.05) is 17.1 Å². The van der Waals surface area contributed by atoms with E-state index in [4.69, 9.17) is 23.2 Å². The van der Waals surface area contributed by atoms with Crippen molar-refractivity contribution in [1.82, 2.24) is 4.98 Å². The molecule has 0 unspecified atom stereocenters. The molecule has 0 spiro atoms. The normalized spacial score (nSPS) is 10.8. The first kappa shape index (κ1) is 12.6. The van der Waals surface area contributed by atoms with E-state index in [0.717, 1.165) is 10.9 Å². The molecular weight excluding hydrogens is 301 g/mol. The van der Waals surface area contributed by atoms with E-state index in [0.29, 0.717) is 19.8 Å². The van der Waals surface area contributed by atoms with E-state index in [1.807, 2.05) is 24.3 Å². The van der Waals surface area contributed by atoms with E-state index in [9.17, 15) is 4.79 Å². The van der Waals surface area contributed by atoms with Crippen molar-refractivity contribution in [3.63, 3.8) is 0 Å². The van der Waals surface area contributed by atoms with Crippen LogP contribution >= 0.6 is 34.5 Å². The Kier molecular flexibility index (Phi) is 3.27. The van der Waals surface area contributed by atoms with Crippen LogP contribution in [0.1, 0.15) is 15.9 Å². The number of rotatable bonds is 2. The molecule has 0 saturated carbocycles. The molecule has 0 aliphatic heterocycles. The minimum absolute atomic E-state index is 0.126. The van der Waals surface area contributed by atoms with Crippen LogP contribution < -0.4 is 0 Å². The number of thiophene rings is 1. The summed E-state index contributed by atoms with van der Waals surface area (Å²) in [5.74, 6) is -0.126. The predicted molar refractivity (Wildman–Crippen MR) is 79.5 cm³/mol. The largest absolute Gasteiger partial charge is 0.289 e. The maximum absolute atomic E-state index is 12.4. The molecular formula is C14H7Cl2NOS. The molecule has 0 radical (unpaired) electrons. The van der Waals surface area contributed by atoms with E-state index in [-0.39, 0.29) is 5.78 Å². The van der Waals surface area contributed by atoms with E-state index in [1.165, 1.54) is 11.3 Å². The van der Waals surface area contributed by atoms with Gasteiger partial charge in [0.1, 0.15) is 4.34 Å². The van der Waals surface area contributed by atoms with Gasteiger partial charge < -0.3 is 0 Å². The molecule has 0 N–H and O–H groups in total. The van der Waals surface area contributed by atoms with Crippen LogP contribution in [0, 0.1) is 0 Å². The third kappa shape index (κ3) is 2.37. The number of carbonyl (C=O) groups excluding carboxylic acids is 1. The SMILES string of the molecule is O=C(c1ccc2ncccc2c1)c1cc(Cl)sc1Cl. The Bertz CT molecular complexity index is 782. The third-order valence-electron chi connectivity index (χ3n) is 2.77. The van der Waals surface area contributed by atoms with Crippen LogP contribution in [-0.2, 0) is 0 Å². The van der Waals surface area contributed by atoms with Gasteiger partial charge in [0.05, 0.1) is 15.4 Å². The fourth-order valence-electron chi connectivity index (χ4n) is 1.87. The molecule has 0 aliphatic rings. The molecule has 94 valence electrons. The molecule has 0 amide bonds. The average molecular weight is 308 g/mol. The highest BCUT2D eigenvalue weighted by Gasteiger charge is 2.16. The van der Waals surface area contributed by atoms with Gasteiger partial charge in [-0.25, -0.2) is 0 Å². The molecule has 0 fully saturated rings. The maximum atomic E-state index is 12.4. The van der Waals surface area contributed by atoms with E-state index in [1.54, 1.807) is 18.3 Å². The van der Waals surface area contributed by atoms with Crippen LogP contribution in [-0.4, -0.2) is 10.8 Å². The summed E-state index contributed by atoms with van der Waals surface area (Å²) < 4.78 is 0.928. The van der Waals surface area contributed by atoms with Crippen molar-refractivity contribution in [3.05, 3.63) is 62.4 Å². The van der Waals surface area contributed by atoms with Gasteiger partial charge in [0.15, 0.2) is 5.78 Å². The fraction of sp³-hybridized carbons (Fsp3) is 0. The quantitative estimate of drug-likeness (QED) is 0.634. The minimum atomic E-state index is -0.126. The second-order valence-corrected chi connectivity index (χ2v) is 6.26.